The number of carbonyl (C=O) groups is 2. The van der Waals surface area contributed by atoms with Gasteiger partial charge in [-0.15, -0.1) is 0 Å². The van der Waals surface area contributed by atoms with E-state index in [1.165, 1.54) is 225 Å². The molecule has 0 aliphatic heterocycles. The molecule has 0 amide bonds. The molecule has 3 N–H and O–H groups in total. The molecule has 0 heterocycles. The second-order valence-corrected chi connectivity index (χ2v) is 23.4. The predicted octanol–water partition coefficient (Wildman–Crippen LogP) is 21.1. The van der Waals surface area contributed by atoms with Crippen LogP contribution in [0.25, 0.3) is 0 Å². The molecule has 2 unspecified atom stereocenters. The quantitative estimate of drug-likeness (QED) is 0.0264. The molecule has 0 bridgehead atoms. The Morgan fingerprint density at radius 2 is 0.675 bits per heavy atom. The Kier molecular flexibility index (Phi) is 61.0. The van der Waals surface area contributed by atoms with Crippen LogP contribution in [0.5, 0.6) is 0 Å². The van der Waals surface area contributed by atoms with Crippen LogP contribution in [-0.4, -0.2) is 49.3 Å². The molecule has 0 rings (SSSR count). The summed E-state index contributed by atoms with van der Waals surface area (Å²) in [6.45, 7) is 3.76. The predicted molar refractivity (Wildman–Crippen MR) is 330 cm³/mol. The zero-order chi connectivity index (χ0) is 55.9. The van der Waals surface area contributed by atoms with Gasteiger partial charge in [-0.2, -0.15) is 0 Å². The van der Waals surface area contributed by atoms with E-state index in [1.54, 1.807) is 0 Å². The van der Waals surface area contributed by atoms with Crippen molar-refractivity contribution in [2.45, 2.75) is 328 Å². The summed E-state index contributed by atoms with van der Waals surface area (Å²) >= 11 is 0. The number of esters is 2. The van der Waals surface area contributed by atoms with Gasteiger partial charge in [-0.3, -0.25) is 18.6 Å². The summed E-state index contributed by atoms with van der Waals surface area (Å²) in [5.41, 5.74) is 5.39. The van der Waals surface area contributed by atoms with Crippen LogP contribution in [0.15, 0.2) is 60.8 Å². The van der Waals surface area contributed by atoms with Crippen molar-refractivity contribution in [1.29, 1.82) is 0 Å². The number of nitrogens with two attached hydrogens (primary N) is 1. The fourth-order valence-corrected chi connectivity index (χ4v) is 10.3. The van der Waals surface area contributed by atoms with E-state index in [2.05, 4.69) is 74.6 Å². The third-order valence-corrected chi connectivity index (χ3v) is 15.4. The van der Waals surface area contributed by atoms with Gasteiger partial charge in [-0.25, -0.2) is 4.57 Å². The van der Waals surface area contributed by atoms with E-state index in [0.717, 1.165) is 64.2 Å². The number of phosphoric ester groups is 1. The van der Waals surface area contributed by atoms with Crippen molar-refractivity contribution < 1.29 is 37.6 Å². The molecule has 0 radical (unpaired) electrons. The lowest BCUT2D eigenvalue weighted by Crippen LogP contribution is -2.29. The molecule has 0 saturated carbocycles. The Morgan fingerprint density at radius 3 is 1.00 bits per heavy atom. The number of hydrogen-bond donors (Lipinski definition) is 2. The van der Waals surface area contributed by atoms with E-state index in [-0.39, 0.29) is 38.6 Å². The minimum Gasteiger partial charge on any atom is -0.462 e. The van der Waals surface area contributed by atoms with Crippen molar-refractivity contribution >= 4 is 19.8 Å². The van der Waals surface area contributed by atoms with Crippen LogP contribution in [0.1, 0.15) is 322 Å². The summed E-state index contributed by atoms with van der Waals surface area (Å²) in [6.07, 6.45) is 80.1. The molecular formula is C67H124NO8P. The molecule has 0 aromatic heterocycles. The summed E-state index contributed by atoms with van der Waals surface area (Å²) in [7, 11) is -4.39. The van der Waals surface area contributed by atoms with Crippen LogP contribution in [0.2, 0.25) is 0 Å². The van der Waals surface area contributed by atoms with E-state index in [0.29, 0.717) is 6.42 Å². The van der Waals surface area contributed by atoms with Crippen LogP contribution in [0, 0.1) is 0 Å². The highest BCUT2D eigenvalue weighted by Crippen LogP contribution is 2.43. The Bertz CT molecular complexity index is 1440. The first-order valence-corrected chi connectivity index (χ1v) is 34.3. The molecule has 0 aromatic rings. The van der Waals surface area contributed by atoms with Crippen LogP contribution < -0.4 is 5.73 Å². The summed E-state index contributed by atoms with van der Waals surface area (Å²) < 4.78 is 33.1. The molecule has 2 atom stereocenters. The third-order valence-electron chi connectivity index (χ3n) is 14.4. The second-order valence-electron chi connectivity index (χ2n) is 22.0. The first kappa shape index (κ1) is 74.7. The van der Waals surface area contributed by atoms with Gasteiger partial charge < -0.3 is 20.1 Å². The molecule has 0 aliphatic rings. The molecule has 10 heteroatoms. The van der Waals surface area contributed by atoms with Crippen molar-refractivity contribution in [3.05, 3.63) is 60.8 Å². The minimum atomic E-state index is -4.39. The SMILES string of the molecule is CCCCCCC/C=C\C/C=C\C/C=C\CCCCCCCCCCCCC(=O)OC(COC(=O)CCCCCCCCCCCCCCCCCCCCC/C=C\C/C=C\CCCCCCC)COP(=O)(O)OCCN. The van der Waals surface area contributed by atoms with Crippen LogP contribution >= 0.6 is 7.82 Å². The maximum Gasteiger partial charge on any atom is 0.472 e. The van der Waals surface area contributed by atoms with Crippen LogP contribution in [0.3, 0.4) is 0 Å². The Labute approximate surface area is 476 Å². The van der Waals surface area contributed by atoms with Gasteiger partial charge in [0.15, 0.2) is 6.10 Å². The maximum absolute atomic E-state index is 12.7. The smallest absolute Gasteiger partial charge is 0.462 e. The minimum absolute atomic E-state index is 0.0523. The molecule has 0 saturated heterocycles. The number of carbonyl (C=O) groups excluding carboxylic acids is 2. The summed E-state index contributed by atoms with van der Waals surface area (Å²) in [4.78, 5) is 35.3. The van der Waals surface area contributed by atoms with Gasteiger partial charge in [-0.1, -0.05) is 286 Å². The molecule has 0 aromatic carbocycles. The average molecular weight is 1100 g/mol. The highest BCUT2D eigenvalue weighted by molar-refractivity contribution is 7.47. The largest absolute Gasteiger partial charge is 0.472 e. The topological polar surface area (TPSA) is 134 Å². The van der Waals surface area contributed by atoms with Gasteiger partial charge >= 0.3 is 19.8 Å². The Hall–Kier alpha value is -2.29. The van der Waals surface area contributed by atoms with E-state index in [1.807, 2.05) is 0 Å². The molecular weight excluding hydrogens is 978 g/mol. The molecule has 0 spiro atoms. The van der Waals surface area contributed by atoms with E-state index < -0.39 is 26.5 Å². The summed E-state index contributed by atoms with van der Waals surface area (Å²) in [6, 6.07) is 0. The van der Waals surface area contributed by atoms with Crippen molar-refractivity contribution in [1.82, 2.24) is 0 Å². The monoisotopic (exact) mass is 1100 g/mol. The highest BCUT2D eigenvalue weighted by Gasteiger charge is 2.26. The Morgan fingerprint density at radius 1 is 0.390 bits per heavy atom. The van der Waals surface area contributed by atoms with Gasteiger partial charge in [-0.05, 0) is 83.5 Å². The normalized spacial score (nSPS) is 13.4. The van der Waals surface area contributed by atoms with Gasteiger partial charge in [0.1, 0.15) is 6.61 Å². The lowest BCUT2D eigenvalue weighted by molar-refractivity contribution is -0.161. The van der Waals surface area contributed by atoms with Crippen LogP contribution in [0.4, 0.5) is 0 Å². The number of unbranched alkanes of at least 4 members (excludes halogenated alkanes) is 39. The maximum atomic E-state index is 12.7. The Balaban J connectivity index is 3.89. The molecule has 0 fully saturated rings. The van der Waals surface area contributed by atoms with Crippen molar-refractivity contribution in [3.63, 3.8) is 0 Å². The molecule has 9 nitrogen and oxygen atoms in total. The molecule has 450 valence electrons. The van der Waals surface area contributed by atoms with Gasteiger partial charge in [0, 0.05) is 19.4 Å². The van der Waals surface area contributed by atoms with Crippen molar-refractivity contribution in [3.8, 4) is 0 Å². The standard InChI is InChI=1S/C67H124NO8P/c1-3-5-7-9-11-13-15-17-19-21-23-25-27-29-30-31-32-33-34-36-37-39-41-43-45-47-49-51-53-55-57-59-66(69)73-63-65(64-75-77(71,72)74-62-61-68)76-67(70)60-58-56-54-52-50-48-46-44-42-40-38-35-28-26-24-22-20-18-16-14-12-10-8-6-4-2/h15-18,21-24,28,35,65H,3-14,19-20,25-27,29-34,36-64,68H2,1-2H3,(H,71,72)/b17-15-,18-16-,23-21-,24-22-,35-28-. The van der Waals surface area contributed by atoms with Crippen LogP contribution in [-0.2, 0) is 32.7 Å². The average Bonchev–Trinajstić information content (AvgIpc) is 3.42. The number of allylic oxidation sites excluding steroid dienone is 10. The fraction of sp³-hybridized carbons (Fsp3) is 0.821. The lowest BCUT2D eigenvalue weighted by Gasteiger charge is -2.19. The number of hydrogen-bond acceptors (Lipinski definition) is 8. The summed E-state index contributed by atoms with van der Waals surface area (Å²) in [5.74, 6) is -0.819. The van der Waals surface area contributed by atoms with E-state index in [9.17, 15) is 19.0 Å². The van der Waals surface area contributed by atoms with E-state index in [4.69, 9.17) is 24.3 Å². The van der Waals surface area contributed by atoms with E-state index >= 15 is 0 Å². The van der Waals surface area contributed by atoms with Crippen molar-refractivity contribution in [2.24, 2.45) is 5.73 Å². The van der Waals surface area contributed by atoms with Gasteiger partial charge in [0.2, 0.25) is 0 Å². The lowest BCUT2D eigenvalue weighted by atomic mass is 10.0. The molecule has 77 heavy (non-hydrogen) atoms. The number of ether oxygens (including phenoxy) is 2. The fourth-order valence-electron chi connectivity index (χ4n) is 9.50. The highest BCUT2D eigenvalue weighted by atomic mass is 31.2. The number of rotatable bonds is 62. The number of phosphoric acid groups is 1. The first-order chi connectivity index (χ1) is 37.8. The third kappa shape index (κ3) is 62.8. The zero-order valence-electron chi connectivity index (χ0n) is 50.4. The summed E-state index contributed by atoms with van der Waals surface area (Å²) in [5, 5.41) is 0. The van der Waals surface area contributed by atoms with Gasteiger partial charge in [0.05, 0.1) is 13.2 Å². The second kappa shape index (κ2) is 62.9. The zero-order valence-corrected chi connectivity index (χ0v) is 51.3. The van der Waals surface area contributed by atoms with Gasteiger partial charge in [0.25, 0.3) is 0 Å². The molecule has 0 aliphatic carbocycles. The first-order valence-electron chi connectivity index (χ1n) is 32.8. The van der Waals surface area contributed by atoms with Crippen molar-refractivity contribution in [2.75, 3.05) is 26.4 Å².